The number of rotatable bonds is 4. The van der Waals surface area contributed by atoms with Gasteiger partial charge in [0.25, 0.3) is 0 Å². The van der Waals surface area contributed by atoms with E-state index in [1.807, 2.05) is 18.2 Å². The average Bonchev–Trinajstić information content (AvgIpc) is 2.28. The predicted octanol–water partition coefficient (Wildman–Crippen LogP) is 1.66. The molecule has 1 aromatic rings. The first-order chi connectivity index (χ1) is 8.00. The summed E-state index contributed by atoms with van der Waals surface area (Å²) in [6.07, 6.45) is -0.754. The number of carbonyl (C=O) groups excluding carboxylic acids is 1. The van der Waals surface area contributed by atoms with Crippen LogP contribution < -0.4 is 11.1 Å². The topological polar surface area (TPSA) is 67.5 Å². The molecule has 92 valence electrons. The van der Waals surface area contributed by atoms with Crippen molar-refractivity contribution in [2.75, 3.05) is 0 Å². The Kier molecular flexibility index (Phi) is 5.25. The van der Waals surface area contributed by atoms with E-state index in [4.69, 9.17) is 28.9 Å². The second-order valence-corrected chi connectivity index (χ2v) is 4.52. The lowest BCUT2D eigenvalue weighted by atomic mass is 10.2. The third-order valence-electron chi connectivity index (χ3n) is 1.94. The normalized spacial score (nSPS) is 13.5. The van der Waals surface area contributed by atoms with Gasteiger partial charge in [0, 0.05) is 12.5 Å². The fourth-order valence-corrected chi connectivity index (χ4v) is 1.43. The summed E-state index contributed by atoms with van der Waals surface area (Å²) in [5.41, 5.74) is 6.54. The van der Waals surface area contributed by atoms with E-state index in [2.05, 4.69) is 10.3 Å². The van der Waals surface area contributed by atoms with E-state index in [-0.39, 0.29) is 11.7 Å². The molecule has 4 nitrogen and oxygen atoms in total. The molecule has 3 N–H and O–H groups in total. The van der Waals surface area contributed by atoms with Gasteiger partial charge in [0.05, 0.1) is 0 Å². The van der Waals surface area contributed by atoms with Crippen molar-refractivity contribution in [1.82, 2.24) is 5.32 Å². The predicted molar refractivity (Wildman–Crippen MR) is 70.3 cm³/mol. The molecule has 0 heterocycles. The van der Waals surface area contributed by atoms with Gasteiger partial charge in [-0.25, -0.2) is 4.99 Å². The maximum Gasteiger partial charge on any atom is 0.218 e. The number of nitrogens with zero attached hydrogens (tertiary/aromatic N) is 1. The molecule has 1 unspecified atom stereocenters. The number of nitrogens with one attached hydrogen (secondary N) is 1. The van der Waals surface area contributed by atoms with Crippen LogP contribution in [0.4, 0.5) is 0 Å². The summed E-state index contributed by atoms with van der Waals surface area (Å²) < 4.78 is 0. The molecule has 1 atom stereocenters. The summed E-state index contributed by atoms with van der Waals surface area (Å²) in [5, 5.41) is 2.51. The van der Waals surface area contributed by atoms with Crippen molar-refractivity contribution >= 4 is 34.9 Å². The summed E-state index contributed by atoms with van der Waals surface area (Å²) in [6, 6.07) is 9.16. The number of benzene rings is 1. The summed E-state index contributed by atoms with van der Waals surface area (Å²) in [4.78, 5) is 14.2. The van der Waals surface area contributed by atoms with Crippen molar-refractivity contribution in [1.29, 1.82) is 0 Å². The zero-order valence-corrected chi connectivity index (χ0v) is 10.7. The second-order valence-electron chi connectivity index (χ2n) is 3.36. The molecule has 0 saturated heterocycles. The Balaban J connectivity index is 2.87. The van der Waals surface area contributed by atoms with Gasteiger partial charge in [0.2, 0.25) is 5.91 Å². The Labute approximate surface area is 110 Å². The minimum atomic E-state index is -0.860. The molecule has 0 radical (unpaired) electrons. The van der Waals surface area contributed by atoms with E-state index in [9.17, 15) is 4.79 Å². The monoisotopic (exact) mass is 273 g/mol. The van der Waals surface area contributed by atoms with Crippen molar-refractivity contribution < 1.29 is 4.79 Å². The SMILES string of the molecule is CC(=O)NC(/N=C(\N)c1ccccc1)C(Cl)Cl. The maximum absolute atomic E-state index is 10.9. The molecule has 0 saturated carbocycles. The van der Waals surface area contributed by atoms with Crippen LogP contribution in [0.2, 0.25) is 0 Å². The largest absolute Gasteiger partial charge is 0.383 e. The first kappa shape index (κ1) is 13.8. The van der Waals surface area contributed by atoms with Crippen molar-refractivity contribution in [3.05, 3.63) is 35.9 Å². The molecular formula is C11H13Cl2N3O. The highest BCUT2D eigenvalue weighted by Gasteiger charge is 2.17. The van der Waals surface area contributed by atoms with E-state index >= 15 is 0 Å². The van der Waals surface area contributed by atoms with Crippen LogP contribution in [0.3, 0.4) is 0 Å². The number of halogens is 2. The van der Waals surface area contributed by atoms with Crippen molar-refractivity contribution in [2.24, 2.45) is 10.7 Å². The fourth-order valence-electron chi connectivity index (χ4n) is 1.19. The Bertz CT molecular complexity index is 406. The molecule has 17 heavy (non-hydrogen) atoms. The molecular weight excluding hydrogens is 261 g/mol. The lowest BCUT2D eigenvalue weighted by Crippen LogP contribution is -2.38. The van der Waals surface area contributed by atoms with Crippen LogP contribution in [0.5, 0.6) is 0 Å². The van der Waals surface area contributed by atoms with E-state index in [0.29, 0.717) is 0 Å². The Morgan fingerprint density at radius 1 is 1.35 bits per heavy atom. The number of nitrogens with two attached hydrogens (primary N) is 1. The first-order valence-corrected chi connectivity index (χ1v) is 5.82. The lowest BCUT2D eigenvalue weighted by Gasteiger charge is -2.15. The highest BCUT2D eigenvalue weighted by molar-refractivity contribution is 6.44. The summed E-state index contributed by atoms with van der Waals surface area (Å²) in [5.74, 6) is 0.00145. The average molecular weight is 274 g/mol. The smallest absolute Gasteiger partial charge is 0.218 e. The standard InChI is InChI=1S/C11H13Cl2N3O/c1-7(17)15-11(9(12)13)16-10(14)8-5-3-2-4-6-8/h2-6,9,11H,1H3,(H2,14,16)(H,15,17). The Hall–Kier alpha value is -1.26. The molecule has 0 fully saturated rings. The van der Waals surface area contributed by atoms with Gasteiger partial charge in [-0.2, -0.15) is 0 Å². The lowest BCUT2D eigenvalue weighted by molar-refractivity contribution is -0.119. The van der Waals surface area contributed by atoms with Crippen LogP contribution in [0.15, 0.2) is 35.3 Å². The van der Waals surface area contributed by atoms with E-state index in [1.165, 1.54) is 6.92 Å². The quantitative estimate of drug-likeness (QED) is 0.498. The number of hydrogen-bond acceptors (Lipinski definition) is 2. The molecule has 1 amide bonds. The zero-order valence-electron chi connectivity index (χ0n) is 9.23. The number of alkyl halides is 2. The van der Waals surface area contributed by atoms with Crippen LogP contribution in [0.25, 0.3) is 0 Å². The fraction of sp³-hybridized carbons (Fsp3) is 0.273. The molecule has 6 heteroatoms. The van der Waals surface area contributed by atoms with Gasteiger partial charge >= 0.3 is 0 Å². The molecule has 0 aliphatic heterocycles. The summed E-state index contributed by atoms with van der Waals surface area (Å²) in [7, 11) is 0. The minimum absolute atomic E-state index is 0.272. The van der Waals surface area contributed by atoms with E-state index < -0.39 is 11.0 Å². The van der Waals surface area contributed by atoms with E-state index in [1.54, 1.807) is 12.1 Å². The van der Waals surface area contributed by atoms with Crippen LogP contribution in [0, 0.1) is 0 Å². The Morgan fingerprint density at radius 2 is 1.94 bits per heavy atom. The number of amides is 1. The molecule has 0 aliphatic carbocycles. The summed E-state index contributed by atoms with van der Waals surface area (Å²) >= 11 is 11.4. The molecule has 1 rings (SSSR count). The van der Waals surface area contributed by atoms with Crippen molar-refractivity contribution in [3.63, 3.8) is 0 Å². The van der Waals surface area contributed by atoms with Crippen LogP contribution in [0.1, 0.15) is 12.5 Å². The van der Waals surface area contributed by atoms with Gasteiger partial charge in [-0.3, -0.25) is 4.79 Å². The summed E-state index contributed by atoms with van der Waals surface area (Å²) in [6.45, 7) is 1.36. The zero-order chi connectivity index (χ0) is 12.8. The third-order valence-corrected chi connectivity index (χ3v) is 2.41. The van der Waals surface area contributed by atoms with E-state index in [0.717, 1.165) is 5.56 Å². The van der Waals surface area contributed by atoms with Crippen molar-refractivity contribution in [2.45, 2.75) is 17.9 Å². The van der Waals surface area contributed by atoms with Gasteiger partial charge in [0.1, 0.15) is 10.7 Å². The number of hydrogen-bond donors (Lipinski definition) is 2. The van der Waals surface area contributed by atoms with Gasteiger partial charge < -0.3 is 11.1 Å². The van der Waals surface area contributed by atoms with Crippen LogP contribution in [-0.2, 0) is 4.79 Å². The first-order valence-electron chi connectivity index (χ1n) is 4.94. The minimum Gasteiger partial charge on any atom is -0.383 e. The van der Waals surface area contributed by atoms with Gasteiger partial charge in [0.15, 0.2) is 6.17 Å². The van der Waals surface area contributed by atoms with Gasteiger partial charge in [-0.15, -0.1) is 23.2 Å². The number of carbonyl (C=O) groups is 1. The van der Waals surface area contributed by atoms with Gasteiger partial charge in [-0.1, -0.05) is 30.3 Å². The molecule has 0 bridgehead atoms. The number of aliphatic imine (C=N–C) groups is 1. The van der Waals surface area contributed by atoms with Crippen molar-refractivity contribution in [3.8, 4) is 0 Å². The molecule has 0 spiro atoms. The highest BCUT2D eigenvalue weighted by Crippen LogP contribution is 2.10. The molecule has 0 aliphatic rings. The van der Waals surface area contributed by atoms with Crippen LogP contribution >= 0.6 is 23.2 Å². The molecule has 1 aromatic carbocycles. The second kappa shape index (κ2) is 6.47. The highest BCUT2D eigenvalue weighted by atomic mass is 35.5. The van der Waals surface area contributed by atoms with Crippen LogP contribution in [-0.4, -0.2) is 22.7 Å². The van der Waals surface area contributed by atoms with Gasteiger partial charge in [-0.05, 0) is 0 Å². The number of amidine groups is 1. The third kappa shape index (κ3) is 4.63. The Morgan fingerprint density at radius 3 is 2.41 bits per heavy atom. The molecule has 0 aromatic heterocycles. The maximum atomic E-state index is 10.9.